The van der Waals surface area contributed by atoms with Gasteiger partial charge in [0.25, 0.3) is 0 Å². The van der Waals surface area contributed by atoms with Gasteiger partial charge in [-0.2, -0.15) is 5.26 Å². The molecule has 4 heteroatoms. The molecule has 68 valence electrons. The second kappa shape index (κ2) is 3.99. The van der Waals surface area contributed by atoms with Gasteiger partial charge in [0, 0.05) is 0 Å². The van der Waals surface area contributed by atoms with Gasteiger partial charge in [0.2, 0.25) is 0 Å². The fraction of sp³-hybridized carbons (Fsp3) is 0.222. The Morgan fingerprint density at radius 1 is 1.62 bits per heavy atom. The number of nitriles is 1. The van der Waals surface area contributed by atoms with Crippen molar-refractivity contribution in [1.29, 1.82) is 5.26 Å². The van der Waals surface area contributed by atoms with Crippen molar-refractivity contribution >= 4 is 0 Å². The van der Waals surface area contributed by atoms with Crippen molar-refractivity contribution in [2.75, 3.05) is 6.61 Å². The number of nitrogens with two attached hydrogens (primary N) is 1. The van der Waals surface area contributed by atoms with Crippen LogP contribution in [0.5, 0.6) is 0 Å². The number of aliphatic hydroxyl groups is 1. The highest BCUT2D eigenvalue weighted by Gasteiger charge is 2.12. The standard InChI is InChI=1S/C9H9FN2O/c10-8-3-1-2-6(7(8)4-11)9(12)5-13/h1-3,9,13H,5,12H2. The fourth-order valence-corrected chi connectivity index (χ4v) is 1.07. The van der Waals surface area contributed by atoms with Crippen molar-refractivity contribution in [1.82, 2.24) is 0 Å². The van der Waals surface area contributed by atoms with Crippen LogP contribution in [-0.4, -0.2) is 11.7 Å². The number of hydrogen-bond donors (Lipinski definition) is 2. The summed E-state index contributed by atoms with van der Waals surface area (Å²) in [6.07, 6.45) is 0. The zero-order valence-corrected chi connectivity index (χ0v) is 6.87. The van der Waals surface area contributed by atoms with Crippen molar-refractivity contribution in [2.45, 2.75) is 6.04 Å². The Labute approximate surface area is 75.2 Å². The highest BCUT2D eigenvalue weighted by atomic mass is 19.1. The van der Waals surface area contributed by atoms with Crippen LogP contribution in [0.3, 0.4) is 0 Å². The van der Waals surface area contributed by atoms with Gasteiger partial charge in [-0.1, -0.05) is 12.1 Å². The highest BCUT2D eigenvalue weighted by molar-refractivity contribution is 5.40. The van der Waals surface area contributed by atoms with Gasteiger partial charge < -0.3 is 10.8 Å². The molecule has 1 aromatic carbocycles. The van der Waals surface area contributed by atoms with E-state index in [1.807, 2.05) is 0 Å². The number of aliphatic hydroxyl groups excluding tert-OH is 1. The van der Waals surface area contributed by atoms with E-state index in [4.69, 9.17) is 16.1 Å². The molecule has 3 nitrogen and oxygen atoms in total. The molecule has 0 heterocycles. The summed E-state index contributed by atoms with van der Waals surface area (Å²) in [5.41, 5.74) is 5.72. The number of hydrogen-bond acceptors (Lipinski definition) is 3. The first-order chi connectivity index (χ1) is 6.20. The van der Waals surface area contributed by atoms with Crippen LogP contribution in [0.2, 0.25) is 0 Å². The summed E-state index contributed by atoms with van der Waals surface area (Å²) in [6, 6.07) is 5.19. The molecular weight excluding hydrogens is 171 g/mol. The summed E-state index contributed by atoms with van der Waals surface area (Å²) in [4.78, 5) is 0. The van der Waals surface area contributed by atoms with Gasteiger partial charge in [0.05, 0.1) is 18.2 Å². The number of nitrogens with zero attached hydrogens (tertiary/aromatic N) is 1. The Balaban J connectivity index is 3.22. The molecule has 0 aliphatic carbocycles. The highest BCUT2D eigenvalue weighted by Crippen LogP contribution is 2.17. The molecule has 0 fully saturated rings. The van der Waals surface area contributed by atoms with Crippen LogP contribution in [0.1, 0.15) is 17.2 Å². The van der Waals surface area contributed by atoms with Crippen molar-refractivity contribution in [3.8, 4) is 6.07 Å². The summed E-state index contributed by atoms with van der Waals surface area (Å²) in [7, 11) is 0. The molecule has 0 bridgehead atoms. The number of rotatable bonds is 2. The first-order valence-corrected chi connectivity index (χ1v) is 3.75. The topological polar surface area (TPSA) is 70.0 Å². The van der Waals surface area contributed by atoms with E-state index < -0.39 is 11.9 Å². The van der Waals surface area contributed by atoms with Crippen LogP contribution in [0.4, 0.5) is 4.39 Å². The molecular formula is C9H9FN2O. The molecule has 0 saturated carbocycles. The van der Waals surface area contributed by atoms with Crippen molar-refractivity contribution in [3.05, 3.63) is 35.1 Å². The summed E-state index contributed by atoms with van der Waals surface area (Å²) >= 11 is 0. The third-order valence-electron chi connectivity index (χ3n) is 1.75. The lowest BCUT2D eigenvalue weighted by molar-refractivity contribution is 0.267. The Morgan fingerprint density at radius 2 is 2.31 bits per heavy atom. The van der Waals surface area contributed by atoms with Gasteiger partial charge in [0.1, 0.15) is 11.9 Å². The van der Waals surface area contributed by atoms with E-state index >= 15 is 0 Å². The maximum atomic E-state index is 13.0. The zero-order chi connectivity index (χ0) is 9.84. The van der Waals surface area contributed by atoms with Crippen molar-refractivity contribution in [2.24, 2.45) is 5.73 Å². The van der Waals surface area contributed by atoms with Gasteiger partial charge in [-0.25, -0.2) is 4.39 Å². The molecule has 1 unspecified atom stereocenters. The minimum Gasteiger partial charge on any atom is -0.394 e. The molecule has 1 aromatic rings. The lowest BCUT2D eigenvalue weighted by atomic mass is 10.0. The summed E-state index contributed by atoms with van der Waals surface area (Å²) in [5.74, 6) is -0.607. The predicted molar refractivity (Wildman–Crippen MR) is 45.1 cm³/mol. The summed E-state index contributed by atoms with van der Waals surface area (Å²) < 4.78 is 13.0. The van der Waals surface area contributed by atoms with E-state index in [0.717, 1.165) is 0 Å². The van der Waals surface area contributed by atoms with Gasteiger partial charge in [0.15, 0.2) is 0 Å². The Bertz CT molecular complexity index is 346. The van der Waals surface area contributed by atoms with Gasteiger partial charge >= 0.3 is 0 Å². The van der Waals surface area contributed by atoms with E-state index in [9.17, 15) is 4.39 Å². The average Bonchev–Trinajstić information content (AvgIpc) is 2.16. The van der Waals surface area contributed by atoms with E-state index in [1.165, 1.54) is 18.2 Å². The lowest BCUT2D eigenvalue weighted by Gasteiger charge is -2.10. The van der Waals surface area contributed by atoms with Crippen LogP contribution >= 0.6 is 0 Å². The first kappa shape index (κ1) is 9.65. The molecule has 0 amide bonds. The molecule has 3 N–H and O–H groups in total. The number of halogens is 1. The molecule has 0 aliphatic rings. The molecule has 0 aromatic heterocycles. The monoisotopic (exact) mass is 180 g/mol. The van der Waals surface area contributed by atoms with Crippen LogP contribution in [0.15, 0.2) is 18.2 Å². The third kappa shape index (κ3) is 1.83. The SMILES string of the molecule is N#Cc1c(F)cccc1C(N)CO. The third-order valence-corrected chi connectivity index (χ3v) is 1.75. The maximum Gasteiger partial charge on any atom is 0.141 e. The molecule has 0 saturated heterocycles. The maximum absolute atomic E-state index is 13.0. The lowest BCUT2D eigenvalue weighted by Crippen LogP contribution is -2.16. The van der Waals surface area contributed by atoms with E-state index in [1.54, 1.807) is 6.07 Å². The minimum absolute atomic E-state index is 0.0935. The average molecular weight is 180 g/mol. The van der Waals surface area contributed by atoms with Crippen LogP contribution < -0.4 is 5.73 Å². The van der Waals surface area contributed by atoms with Crippen molar-refractivity contribution in [3.63, 3.8) is 0 Å². The Morgan fingerprint density at radius 3 is 2.85 bits per heavy atom. The van der Waals surface area contributed by atoms with Crippen LogP contribution in [0, 0.1) is 17.1 Å². The normalized spacial score (nSPS) is 12.2. The van der Waals surface area contributed by atoms with Crippen molar-refractivity contribution < 1.29 is 9.50 Å². The second-order valence-electron chi connectivity index (χ2n) is 2.60. The molecule has 0 spiro atoms. The van der Waals surface area contributed by atoms with Crippen LogP contribution in [-0.2, 0) is 0 Å². The number of benzene rings is 1. The van der Waals surface area contributed by atoms with Gasteiger partial charge in [-0.05, 0) is 11.6 Å². The summed E-state index contributed by atoms with van der Waals surface area (Å²) in [6.45, 7) is -0.307. The van der Waals surface area contributed by atoms with Gasteiger partial charge in [-0.15, -0.1) is 0 Å². The van der Waals surface area contributed by atoms with Gasteiger partial charge in [-0.3, -0.25) is 0 Å². The van der Waals surface area contributed by atoms with E-state index in [0.29, 0.717) is 5.56 Å². The van der Waals surface area contributed by atoms with E-state index in [2.05, 4.69) is 0 Å². The second-order valence-corrected chi connectivity index (χ2v) is 2.60. The molecule has 0 aliphatic heterocycles. The fourth-order valence-electron chi connectivity index (χ4n) is 1.07. The summed E-state index contributed by atoms with van der Waals surface area (Å²) in [5, 5.41) is 17.4. The molecule has 1 rings (SSSR count). The smallest absolute Gasteiger partial charge is 0.141 e. The zero-order valence-electron chi connectivity index (χ0n) is 6.87. The van der Waals surface area contributed by atoms with Crippen LogP contribution in [0.25, 0.3) is 0 Å². The first-order valence-electron chi connectivity index (χ1n) is 3.75. The molecule has 1 atom stereocenters. The Kier molecular flexibility index (Phi) is 2.96. The quantitative estimate of drug-likeness (QED) is 0.703. The molecule has 13 heavy (non-hydrogen) atoms. The predicted octanol–water partition coefficient (Wildman–Crippen LogP) is 0.689. The molecule has 0 radical (unpaired) electrons. The largest absolute Gasteiger partial charge is 0.394 e. The van der Waals surface area contributed by atoms with E-state index in [-0.39, 0.29) is 12.2 Å². The Hall–Kier alpha value is -1.44. The minimum atomic E-state index is -0.703.